The van der Waals surface area contributed by atoms with Gasteiger partial charge in [-0.25, -0.2) is 0 Å². The van der Waals surface area contributed by atoms with E-state index < -0.39 is 7.12 Å². The molecule has 0 bridgehead atoms. The van der Waals surface area contributed by atoms with Crippen LogP contribution in [0.3, 0.4) is 0 Å². The second-order valence-corrected chi connectivity index (χ2v) is 5.59. The van der Waals surface area contributed by atoms with E-state index in [1.54, 1.807) is 18.2 Å². The Morgan fingerprint density at radius 3 is 2.67 bits per heavy atom. The minimum Gasteiger partial charge on any atom is -0.423 e. The lowest BCUT2D eigenvalue weighted by Crippen LogP contribution is -2.41. The number of nitrogens with one attached hydrogen (secondary N) is 2. The quantitative estimate of drug-likeness (QED) is 0.282. The van der Waals surface area contributed by atoms with Gasteiger partial charge in [0.15, 0.2) is 5.11 Å². The summed E-state index contributed by atoms with van der Waals surface area (Å²) in [6, 6.07) is 7.39. The molecule has 0 heterocycles. The Hall–Kier alpha value is -1.44. The van der Waals surface area contributed by atoms with Gasteiger partial charge in [0, 0.05) is 6.04 Å². The van der Waals surface area contributed by atoms with Crippen LogP contribution < -0.4 is 16.2 Å². The maximum absolute atomic E-state index is 9.26. The Kier molecular flexibility index (Phi) is 6.16. The minimum atomic E-state index is -1.51. The van der Waals surface area contributed by atoms with Gasteiger partial charge in [-0.05, 0) is 36.1 Å². The topological polar surface area (TPSA) is 76.9 Å². The van der Waals surface area contributed by atoms with Crippen molar-refractivity contribution >= 4 is 36.1 Å². The molecule has 0 aliphatic heterocycles. The Bertz CT molecular complexity index is 505. The van der Waals surface area contributed by atoms with Crippen LogP contribution in [0.4, 0.5) is 0 Å². The molecule has 112 valence electrons. The first-order chi connectivity index (χ1) is 10.2. The highest BCUT2D eigenvalue weighted by Crippen LogP contribution is 2.17. The second kappa shape index (κ2) is 8.12. The Morgan fingerprint density at radius 2 is 1.95 bits per heavy atom. The summed E-state index contributed by atoms with van der Waals surface area (Å²) in [5.41, 5.74) is 3.82. The Balaban J connectivity index is 1.85. The normalized spacial score (nSPS) is 15.9. The molecule has 1 saturated carbocycles. The molecular weight excluding hydrogens is 285 g/mol. The van der Waals surface area contributed by atoms with Crippen LogP contribution in [0.2, 0.25) is 0 Å². The lowest BCUT2D eigenvalue weighted by molar-refractivity contribution is 0.412. The van der Waals surface area contributed by atoms with Crippen LogP contribution >= 0.6 is 12.2 Å². The largest absolute Gasteiger partial charge is 0.489 e. The standard InChI is InChI=1S/C14H20BN3O2S/c19-15(20)13-9-5-4-6-11(13)10-16-18-14(21)17-12-7-2-1-3-8-12/h4-6,9-10,12,19-20H,1-3,7-8H2,(H2,17,18,21)/b16-10+. The average Bonchev–Trinajstić information content (AvgIpc) is 2.48. The lowest BCUT2D eigenvalue weighted by atomic mass is 9.77. The van der Waals surface area contributed by atoms with Crippen molar-refractivity contribution in [2.45, 2.75) is 38.1 Å². The predicted molar refractivity (Wildman–Crippen MR) is 89.6 cm³/mol. The maximum Gasteiger partial charge on any atom is 0.489 e. The van der Waals surface area contributed by atoms with Gasteiger partial charge in [-0.2, -0.15) is 5.10 Å². The molecule has 1 aliphatic rings. The van der Waals surface area contributed by atoms with Gasteiger partial charge in [0.1, 0.15) is 0 Å². The third-order valence-corrected chi connectivity index (χ3v) is 3.79. The molecule has 0 radical (unpaired) electrons. The highest BCUT2D eigenvalue weighted by molar-refractivity contribution is 7.80. The molecule has 0 aromatic heterocycles. The Labute approximate surface area is 130 Å². The molecule has 0 amide bonds. The van der Waals surface area contributed by atoms with E-state index in [0.717, 1.165) is 12.8 Å². The molecule has 0 saturated heterocycles. The molecule has 1 aromatic rings. The predicted octanol–water partition coefficient (Wildman–Crippen LogP) is 0.497. The highest BCUT2D eigenvalue weighted by Gasteiger charge is 2.14. The number of rotatable bonds is 4. The van der Waals surface area contributed by atoms with E-state index in [-0.39, 0.29) is 0 Å². The van der Waals surface area contributed by atoms with Gasteiger partial charge in [0.2, 0.25) is 0 Å². The molecule has 0 atom stereocenters. The number of thiocarbonyl (C=S) groups is 1. The summed E-state index contributed by atoms with van der Waals surface area (Å²) in [6.45, 7) is 0. The van der Waals surface area contributed by atoms with Crippen LogP contribution in [0.1, 0.15) is 37.7 Å². The van der Waals surface area contributed by atoms with Crippen molar-refractivity contribution in [3.63, 3.8) is 0 Å². The average molecular weight is 305 g/mol. The van der Waals surface area contributed by atoms with Crippen LogP contribution in [-0.4, -0.2) is 34.5 Å². The zero-order valence-corrected chi connectivity index (χ0v) is 12.6. The maximum atomic E-state index is 9.26. The number of hydrogen-bond acceptors (Lipinski definition) is 4. The van der Waals surface area contributed by atoms with Crippen molar-refractivity contribution in [2.75, 3.05) is 0 Å². The molecule has 0 spiro atoms. The first-order valence-corrected chi connectivity index (χ1v) is 7.62. The number of benzene rings is 1. The summed E-state index contributed by atoms with van der Waals surface area (Å²) in [6.07, 6.45) is 7.60. The molecule has 5 nitrogen and oxygen atoms in total. The van der Waals surface area contributed by atoms with Gasteiger partial charge < -0.3 is 15.4 Å². The second-order valence-electron chi connectivity index (χ2n) is 5.18. The minimum absolute atomic E-state index is 0.411. The third-order valence-electron chi connectivity index (χ3n) is 3.58. The van der Waals surface area contributed by atoms with Gasteiger partial charge in [0.25, 0.3) is 0 Å². The van der Waals surface area contributed by atoms with E-state index >= 15 is 0 Å². The summed E-state index contributed by atoms with van der Waals surface area (Å²) in [5, 5.41) is 26.3. The summed E-state index contributed by atoms with van der Waals surface area (Å²) in [4.78, 5) is 0. The fourth-order valence-electron chi connectivity index (χ4n) is 2.49. The van der Waals surface area contributed by atoms with Gasteiger partial charge in [-0.3, -0.25) is 5.43 Å². The van der Waals surface area contributed by atoms with E-state index in [0.29, 0.717) is 22.2 Å². The molecule has 1 fully saturated rings. The summed E-state index contributed by atoms with van der Waals surface area (Å²) in [7, 11) is -1.51. The van der Waals surface area contributed by atoms with Crippen molar-refractivity contribution in [3.05, 3.63) is 29.8 Å². The fourth-order valence-corrected chi connectivity index (χ4v) is 2.71. The van der Waals surface area contributed by atoms with Gasteiger partial charge in [-0.15, -0.1) is 0 Å². The summed E-state index contributed by atoms with van der Waals surface area (Å²) >= 11 is 5.20. The number of hydrogen-bond donors (Lipinski definition) is 4. The lowest BCUT2D eigenvalue weighted by Gasteiger charge is -2.23. The van der Waals surface area contributed by atoms with Crippen molar-refractivity contribution < 1.29 is 10.0 Å². The van der Waals surface area contributed by atoms with E-state index in [1.807, 2.05) is 6.07 Å². The molecule has 7 heteroatoms. The third kappa shape index (κ3) is 5.11. The van der Waals surface area contributed by atoms with E-state index in [4.69, 9.17) is 12.2 Å². The number of hydrazone groups is 1. The van der Waals surface area contributed by atoms with Crippen molar-refractivity contribution in [1.82, 2.24) is 10.7 Å². The van der Waals surface area contributed by atoms with E-state index in [2.05, 4.69) is 15.8 Å². The van der Waals surface area contributed by atoms with Gasteiger partial charge >= 0.3 is 7.12 Å². The molecule has 1 aromatic carbocycles. The zero-order valence-electron chi connectivity index (χ0n) is 11.8. The smallest absolute Gasteiger partial charge is 0.423 e. The molecule has 21 heavy (non-hydrogen) atoms. The Morgan fingerprint density at radius 1 is 1.24 bits per heavy atom. The van der Waals surface area contributed by atoms with E-state index in [1.165, 1.54) is 25.5 Å². The summed E-state index contributed by atoms with van der Waals surface area (Å²) < 4.78 is 0. The van der Waals surface area contributed by atoms with Crippen molar-refractivity contribution in [1.29, 1.82) is 0 Å². The SMILES string of the molecule is OB(O)c1ccccc1/C=N/NC(=S)NC1CCCCC1. The molecule has 0 unspecified atom stereocenters. The monoisotopic (exact) mass is 305 g/mol. The summed E-state index contributed by atoms with van der Waals surface area (Å²) in [5.74, 6) is 0. The van der Waals surface area contributed by atoms with Crippen LogP contribution in [0, 0.1) is 0 Å². The molecule has 1 aliphatic carbocycles. The molecule has 2 rings (SSSR count). The van der Waals surface area contributed by atoms with Gasteiger partial charge in [-0.1, -0.05) is 43.5 Å². The van der Waals surface area contributed by atoms with E-state index in [9.17, 15) is 10.0 Å². The van der Waals surface area contributed by atoms with Crippen LogP contribution in [0.25, 0.3) is 0 Å². The van der Waals surface area contributed by atoms with Crippen LogP contribution in [0.5, 0.6) is 0 Å². The molecular formula is C14H20BN3O2S. The number of nitrogens with zero attached hydrogens (tertiary/aromatic N) is 1. The zero-order chi connectivity index (χ0) is 15.1. The van der Waals surface area contributed by atoms with Crippen molar-refractivity contribution in [2.24, 2.45) is 5.10 Å². The first kappa shape index (κ1) is 15.9. The first-order valence-electron chi connectivity index (χ1n) is 7.21. The van der Waals surface area contributed by atoms with Crippen LogP contribution in [0.15, 0.2) is 29.4 Å². The van der Waals surface area contributed by atoms with Crippen LogP contribution in [-0.2, 0) is 0 Å². The highest BCUT2D eigenvalue weighted by atomic mass is 32.1. The molecule has 4 N–H and O–H groups in total. The fraction of sp³-hybridized carbons (Fsp3) is 0.429. The van der Waals surface area contributed by atoms with Crippen molar-refractivity contribution in [3.8, 4) is 0 Å². The van der Waals surface area contributed by atoms with Gasteiger partial charge in [0.05, 0.1) is 6.21 Å².